The van der Waals surface area contributed by atoms with Gasteiger partial charge in [0.2, 0.25) is 0 Å². The molecule has 1 fully saturated rings. The van der Waals surface area contributed by atoms with Crippen LogP contribution in [0, 0.1) is 6.92 Å². The van der Waals surface area contributed by atoms with Crippen LogP contribution in [0.1, 0.15) is 29.2 Å². The number of hydrogen-bond acceptors (Lipinski definition) is 4. The SMILES string of the molecule is Cc1cnc(C(=O)N2CCC[C@@](O)(CN(C)C)C2)[nH]1. The topological polar surface area (TPSA) is 72.5 Å². The van der Waals surface area contributed by atoms with E-state index in [0.29, 0.717) is 25.5 Å². The second-order valence-electron chi connectivity index (χ2n) is 5.71. The Morgan fingerprint density at radius 2 is 2.37 bits per heavy atom. The Morgan fingerprint density at radius 1 is 1.63 bits per heavy atom. The highest BCUT2D eigenvalue weighted by molar-refractivity contribution is 5.90. The second kappa shape index (κ2) is 5.30. The number of imidazole rings is 1. The van der Waals surface area contributed by atoms with Crippen molar-refractivity contribution in [3.63, 3.8) is 0 Å². The molecule has 106 valence electrons. The summed E-state index contributed by atoms with van der Waals surface area (Å²) in [4.78, 5) is 22.9. The van der Waals surface area contributed by atoms with Crippen LogP contribution in [-0.4, -0.2) is 70.1 Å². The van der Waals surface area contributed by atoms with E-state index in [-0.39, 0.29) is 5.91 Å². The smallest absolute Gasteiger partial charge is 0.289 e. The maximum atomic E-state index is 12.3. The number of aromatic amines is 1. The first-order valence-electron chi connectivity index (χ1n) is 6.58. The molecule has 2 heterocycles. The second-order valence-corrected chi connectivity index (χ2v) is 5.71. The Morgan fingerprint density at radius 3 is 2.95 bits per heavy atom. The van der Waals surface area contributed by atoms with E-state index in [9.17, 15) is 9.90 Å². The summed E-state index contributed by atoms with van der Waals surface area (Å²) in [5, 5.41) is 10.5. The number of hydrogen-bond donors (Lipinski definition) is 2. The molecule has 0 aliphatic carbocycles. The lowest BCUT2D eigenvalue weighted by Gasteiger charge is -2.40. The number of carbonyl (C=O) groups excluding carboxylic acids is 1. The van der Waals surface area contributed by atoms with Crippen molar-refractivity contribution in [2.45, 2.75) is 25.4 Å². The average molecular weight is 266 g/mol. The van der Waals surface area contributed by atoms with E-state index in [2.05, 4.69) is 9.97 Å². The van der Waals surface area contributed by atoms with Gasteiger partial charge in [-0.15, -0.1) is 0 Å². The van der Waals surface area contributed by atoms with Crippen molar-refractivity contribution < 1.29 is 9.90 Å². The molecule has 1 aromatic heterocycles. The van der Waals surface area contributed by atoms with Gasteiger partial charge in [-0.1, -0.05) is 0 Å². The minimum Gasteiger partial charge on any atom is -0.387 e. The molecule has 1 amide bonds. The molecule has 2 N–H and O–H groups in total. The van der Waals surface area contributed by atoms with E-state index < -0.39 is 5.60 Å². The highest BCUT2D eigenvalue weighted by Crippen LogP contribution is 2.22. The van der Waals surface area contributed by atoms with Crippen molar-refractivity contribution >= 4 is 5.91 Å². The van der Waals surface area contributed by atoms with Crippen LogP contribution in [0.3, 0.4) is 0 Å². The molecule has 6 heteroatoms. The number of nitrogens with zero attached hydrogens (tertiary/aromatic N) is 3. The number of H-pyrrole nitrogens is 1. The van der Waals surface area contributed by atoms with Gasteiger partial charge in [0.05, 0.1) is 12.1 Å². The van der Waals surface area contributed by atoms with Gasteiger partial charge in [0, 0.05) is 25.0 Å². The minimum absolute atomic E-state index is 0.134. The Labute approximate surface area is 113 Å². The molecule has 0 saturated carbocycles. The van der Waals surface area contributed by atoms with Crippen molar-refractivity contribution in [1.29, 1.82) is 0 Å². The van der Waals surface area contributed by atoms with E-state index in [4.69, 9.17) is 0 Å². The predicted molar refractivity (Wildman–Crippen MR) is 72.0 cm³/mol. The van der Waals surface area contributed by atoms with Crippen LogP contribution in [0.4, 0.5) is 0 Å². The molecule has 1 aliphatic rings. The number of likely N-dealkylation sites (tertiary alicyclic amines) is 1. The summed E-state index contributed by atoms with van der Waals surface area (Å²) >= 11 is 0. The van der Waals surface area contributed by atoms with Crippen LogP contribution in [0.25, 0.3) is 0 Å². The molecule has 0 spiro atoms. The fraction of sp³-hybridized carbons (Fsp3) is 0.692. The third kappa shape index (κ3) is 3.33. The van der Waals surface area contributed by atoms with Crippen LogP contribution in [0.2, 0.25) is 0 Å². The lowest BCUT2D eigenvalue weighted by molar-refractivity contribution is -0.0393. The summed E-state index contributed by atoms with van der Waals surface area (Å²) in [7, 11) is 3.85. The van der Waals surface area contributed by atoms with Gasteiger partial charge in [-0.3, -0.25) is 4.79 Å². The van der Waals surface area contributed by atoms with Crippen LogP contribution < -0.4 is 0 Å². The molecule has 0 radical (unpaired) electrons. The molecule has 19 heavy (non-hydrogen) atoms. The molecular weight excluding hydrogens is 244 g/mol. The van der Waals surface area contributed by atoms with Gasteiger partial charge in [-0.05, 0) is 33.9 Å². The lowest BCUT2D eigenvalue weighted by Crippen LogP contribution is -2.54. The summed E-state index contributed by atoms with van der Waals surface area (Å²) < 4.78 is 0. The van der Waals surface area contributed by atoms with E-state index in [1.807, 2.05) is 25.9 Å². The standard InChI is InChI=1S/C13H22N4O2/c1-10-7-14-11(15-10)12(18)17-6-4-5-13(19,9-17)8-16(2)3/h7,19H,4-6,8-9H2,1-3H3,(H,14,15)/t13-/m1/s1. The average Bonchev–Trinajstić information content (AvgIpc) is 2.73. The molecule has 1 atom stereocenters. The first kappa shape index (κ1) is 14.0. The third-order valence-corrected chi connectivity index (χ3v) is 3.36. The number of nitrogens with one attached hydrogen (secondary N) is 1. The number of amides is 1. The van der Waals surface area contributed by atoms with E-state index in [1.54, 1.807) is 11.1 Å². The Bertz CT molecular complexity index is 457. The Balaban J connectivity index is 2.07. The number of likely N-dealkylation sites (N-methyl/N-ethyl adjacent to an activating group) is 1. The maximum Gasteiger partial charge on any atom is 0.289 e. The van der Waals surface area contributed by atoms with Crippen molar-refractivity contribution in [3.05, 3.63) is 17.7 Å². The van der Waals surface area contributed by atoms with Crippen LogP contribution in [-0.2, 0) is 0 Å². The zero-order valence-corrected chi connectivity index (χ0v) is 11.8. The zero-order chi connectivity index (χ0) is 14.0. The van der Waals surface area contributed by atoms with Crippen LogP contribution in [0.5, 0.6) is 0 Å². The van der Waals surface area contributed by atoms with Crippen molar-refractivity contribution in [3.8, 4) is 0 Å². The van der Waals surface area contributed by atoms with Gasteiger partial charge < -0.3 is 19.9 Å². The summed E-state index contributed by atoms with van der Waals surface area (Å²) in [6.07, 6.45) is 3.19. The van der Waals surface area contributed by atoms with E-state index in [1.165, 1.54) is 0 Å². The van der Waals surface area contributed by atoms with Gasteiger partial charge in [-0.2, -0.15) is 0 Å². The predicted octanol–water partition coefficient (Wildman–Crippen LogP) is 0.247. The first-order valence-corrected chi connectivity index (χ1v) is 6.58. The largest absolute Gasteiger partial charge is 0.387 e. The highest BCUT2D eigenvalue weighted by Gasteiger charge is 2.36. The number of aromatic nitrogens is 2. The number of carbonyl (C=O) groups is 1. The van der Waals surface area contributed by atoms with Crippen LogP contribution in [0.15, 0.2) is 6.20 Å². The van der Waals surface area contributed by atoms with Gasteiger partial charge in [0.1, 0.15) is 0 Å². The number of aryl methyl sites for hydroxylation is 1. The number of β-amino-alcohol motifs (C(OH)–C–C–N with tert-alkyl or cyclic N) is 1. The summed E-state index contributed by atoms with van der Waals surface area (Å²) in [6.45, 7) is 3.47. The number of piperidine rings is 1. The van der Waals surface area contributed by atoms with Gasteiger partial charge in [-0.25, -0.2) is 4.98 Å². The van der Waals surface area contributed by atoms with E-state index in [0.717, 1.165) is 18.5 Å². The fourth-order valence-electron chi connectivity index (χ4n) is 2.67. The summed E-state index contributed by atoms with van der Waals surface area (Å²) in [5.41, 5.74) is 0.0443. The fourth-order valence-corrected chi connectivity index (χ4v) is 2.67. The molecule has 0 unspecified atom stereocenters. The molecule has 2 rings (SSSR count). The third-order valence-electron chi connectivity index (χ3n) is 3.36. The molecule has 0 bridgehead atoms. The molecule has 1 saturated heterocycles. The first-order chi connectivity index (χ1) is 8.89. The Kier molecular flexibility index (Phi) is 3.91. The van der Waals surface area contributed by atoms with Crippen molar-refractivity contribution in [2.75, 3.05) is 33.7 Å². The quantitative estimate of drug-likeness (QED) is 0.822. The lowest BCUT2D eigenvalue weighted by atomic mass is 9.92. The number of rotatable bonds is 3. The minimum atomic E-state index is -0.820. The van der Waals surface area contributed by atoms with Crippen molar-refractivity contribution in [2.24, 2.45) is 0 Å². The molecule has 1 aliphatic heterocycles. The molecular formula is C13H22N4O2. The zero-order valence-electron chi connectivity index (χ0n) is 11.8. The normalized spacial score (nSPS) is 23.9. The monoisotopic (exact) mass is 266 g/mol. The molecule has 6 nitrogen and oxygen atoms in total. The van der Waals surface area contributed by atoms with Crippen molar-refractivity contribution in [1.82, 2.24) is 19.8 Å². The number of aliphatic hydroxyl groups is 1. The van der Waals surface area contributed by atoms with Gasteiger partial charge in [0.15, 0.2) is 5.82 Å². The molecule has 1 aromatic rings. The van der Waals surface area contributed by atoms with Gasteiger partial charge >= 0.3 is 0 Å². The highest BCUT2D eigenvalue weighted by atomic mass is 16.3. The van der Waals surface area contributed by atoms with Crippen LogP contribution >= 0.6 is 0 Å². The maximum absolute atomic E-state index is 12.3. The van der Waals surface area contributed by atoms with E-state index >= 15 is 0 Å². The summed E-state index contributed by atoms with van der Waals surface area (Å²) in [6, 6.07) is 0. The molecule has 0 aromatic carbocycles. The summed E-state index contributed by atoms with van der Waals surface area (Å²) in [5.74, 6) is 0.219. The Hall–Kier alpha value is -1.40. The van der Waals surface area contributed by atoms with Gasteiger partial charge in [0.25, 0.3) is 5.91 Å².